The van der Waals surface area contributed by atoms with E-state index < -0.39 is 7.12 Å². The number of thiophene rings is 1. The molecule has 3 nitrogen and oxygen atoms in total. The van der Waals surface area contributed by atoms with Crippen molar-refractivity contribution >= 4 is 45.0 Å². The molecule has 66 valence electrons. The number of hydrogen-bond donors (Lipinski definition) is 2. The van der Waals surface area contributed by atoms with Gasteiger partial charge in [-0.3, -0.25) is 4.98 Å². The molecule has 0 radical (unpaired) electrons. The number of rotatable bonds is 1. The fourth-order valence-corrected chi connectivity index (χ4v) is 2.22. The van der Waals surface area contributed by atoms with Crippen LogP contribution in [-0.4, -0.2) is 22.2 Å². The van der Waals surface area contributed by atoms with Crippen molar-refractivity contribution in [1.29, 1.82) is 0 Å². The highest BCUT2D eigenvalue weighted by atomic mass is 35.5. The molecule has 0 aromatic carbocycles. The number of hydrogen-bond acceptors (Lipinski definition) is 4. The predicted octanol–water partition coefficient (Wildman–Crippen LogP) is 0.629. The summed E-state index contributed by atoms with van der Waals surface area (Å²) in [5, 5.41) is 18.4. The molecule has 0 amide bonds. The minimum atomic E-state index is -1.45. The van der Waals surface area contributed by atoms with Gasteiger partial charge >= 0.3 is 7.12 Å². The Morgan fingerprint density at radius 2 is 2.23 bits per heavy atom. The molecule has 6 heteroatoms. The molecule has 2 rings (SSSR count). The van der Waals surface area contributed by atoms with Crippen molar-refractivity contribution in [2.24, 2.45) is 0 Å². The van der Waals surface area contributed by atoms with Gasteiger partial charge in [0.15, 0.2) is 0 Å². The highest BCUT2D eigenvalue weighted by molar-refractivity contribution is 7.28. The van der Waals surface area contributed by atoms with Crippen LogP contribution in [0.2, 0.25) is 5.02 Å². The molecule has 0 spiro atoms. The van der Waals surface area contributed by atoms with E-state index in [0.29, 0.717) is 15.3 Å². The molecule has 2 aromatic rings. The maximum absolute atomic E-state index is 8.91. The van der Waals surface area contributed by atoms with Crippen LogP contribution in [0, 0.1) is 0 Å². The molecule has 0 aliphatic rings. The number of pyridine rings is 1. The number of fused-ring (bicyclic) bond motifs is 1. The monoisotopic (exact) mass is 213 g/mol. The number of aromatic nitrogens is 1. The van der Waals surface area contributed by atoms with Crippen LogP contribution in [0.4, 0.5) is 0 Å². The molecular formula is C7H5BClNO2S. The molecule has 13 heavy (non-hydrogen) atoms. The summed E-state index contributed by atoms with van der Waals surface area (Å²) in [6.45, 7) is 0. The van der Waals surface area contributed by atoms with E-state index in [-0.39, 0.29) is 0 Å². The smallest absolute Gasteiger partial charge is 0.423 e. The molecular weight excluding hydrogens is 208 g/mol. The van der Waals surface area contributed by atoms with Gasteiger partial charge < -0.3 is 10.0 Å². The van der Waals surface area contributed by atoms with Crippen molar-refractivity contribution in [2.75, 3.05) is 0 Å². The minimum Gasteiger partial charge on any atom is -0.423 e. The highest BCUT2D eigenvalue weighted by Crippen LogP contribution is 2.25. The largest absolute Gasteiger partial charge is 0.499 e. The minimum absolute atomic E-state index is 0.454. The van der Waals surface area contributed by atoms with E-state index in [1.165, 1.54) is 11.3 Å². The van der Waals surface area contributed by atoms with E-state index in [9.17, 15) is 0 Å². The third-order valence-electron chi connectivity index (χ3n) is 1.64. The molecule has 0 saturated heterocycles. The third-order valence-corrected chi connectivity index (χ3v) is 3.26. The molecule has 2 aromatic heterocycles. The normalized spacial score (nSPS) is 10.7. The Balaban J connectivity index is 2.68. The standard InChI is InChI=1S/C7H5BClNO2S/c9-4-1-2-10-5-3-6(8(11)12)13-7(4)5/h1-3,11-12H. The Kier molecular flexibility index (Phi) is 2.25. The van der Waals surface area contributed by atoms with Gasteiger partial charge in [0.05, 0.1) is 15.2 Å². The van der Waals surface area contributed by atoms with Crippen LogP contribution in [0.5, 0.6) is 0 Å². The first-order valence-electron chi connectivity index (χ1n) is 3.58. The van der Waals surface area contributed by atoms with E-state index in [1.807, 2.05) is 0 Å². The fourth-order valence-electron chi connectivity index (χ4n) is 1.05. The van der Waals surface area contributed by atoms with E-state index >= 15 is 0 Å². The summed E-state index contributed by atoms with van der Waals surface area (Å²) in [6, 6.07) is 3.30. The SMILES string of the molecule is OB(O)c1cc2nccc(Cl)c2s1. The Labute approximate surface area is 83.8 Å². The summed E-state index contributed by atoms with van der Waals surface area (Å²) in [4.78, 5) is 4.05. The lowest BCUT2D eigenvalue weighted by atomic mass is 9.90. The van der Waals surface area contributed by atoms with Crippen molar-refractivity contribution in [3.05, 3.63) is 23.4 Å². The lowest BCUT2D eigenvalue weighted by molar-refractivity contribution is 0.427. The number of halogens is 1. The van der Waals surface area contributed by atoms with Gasteiger partial charge in [0.2, 0.25) is 0 Å². The van der Waals surface area contributed by atoms with Crippen LogP contribution in [0.15, 0.2) is 18.3 Å². The Bertz CT molecular complexity index is 445. The summed E-state index contributed by atoms with van der Waals surface area (Å²) >= 11 is 7.12. The van der Waals surface area contributed by atoms with Crippen LogP contribution in [-0.2, 0) is 0 Å². The average molecular weight is 213 g/mol. The molecule has 2 heterocycles. The molecule has 0 bridgehead atoms. The van der Waals surface area contributed by atoms with E-state index in [2.05, 4.69) is 4.98 Å². The first-order valence-corrected chi connectivity index (χ1v) is 4.78. The van der Waals surface area contributed by atoms with Gasteiger partial charge in [-0.05, 0) is 12.1 Å². The lowest BCUT2D eigenvalue weighted by Gasteiger charge is -1.89. The van der Waals surface area contributed by atoms with Gasteiger partial charge in [0, 0.05) is 11.0 Å². The Morgan fingerprint density at radius 1 is 1.46 bits per heavy atom. The molecule has 0 saturated carbocycles. The van der Waals surface area contributed by atoms with Gasteiger partial charge in [-0.2, -0.15) is 0 Å². The van der Waals surface area contributed by atoms with Crippen LogP contribution in [0.1, 0.15) is 0 Å². The lowest BCUT2D eigenvalue weighted by Crippen LogP contribution is -2.26. The van der Waals surface area contributed by atoms with E-state index in [1.54, 1.807) is 18.3 Å². The summed E-state index contributed by atoms with van der Waals surface area (Å²) in [7, 11) is -1.45. The van der Waals surface area contributed by atoms with Crippen LogP contribution >= 0.6 is 22.9 Å². The van der Waals surface area contributed by atoms with Gasteiger partial charge in [0.25, 0.3) is 0 Å². The fraction of sp³-hybridized carbons (Fsp3) is 0. The summed E-state index contributed by atoms with van der Waals surface area (Å²) < 4.78 is 1.24. The zero-order valence-corrected chi connectivity index (χ0v) is 8.01. The maximum Gasteiger partial charge on any atom is 0.499 e. The van der Waals surface area contributed by atoms with Crippen molar-refractivity contribution in [2.45, 2.75) is 0 Å². The van der Waals surface area contributed by atoms with Crippen molar-refractivity contribution in [3.63, 3.8) is 0 Å². The van der Waals surface area contributed by atoms with Crippen LogP contribution < -0.4 is 4.78 Å². The van der Waals surface area contributed by atoms with Gasteiger partial charge in [-0.15, -0.1) is 11.3 Å². The van der Waals surface area contributed by atoms with Crippen molar-refractivity contribution < 1.29 is 10.0 Å². The van der Waals surface area contributed by atoms with Gasteiger partial charge in [-0.25, -0.2) is 0 Å². The summed E-state index contributed by atoms with van der Waals surface area (Å²) in [6.07, 6.45) is 1.59. The van der Waals surface area contributed by atoms with Gasteiger partial charge in [-0.1, -0.05) is 11.6 Å². The van der Waals surface area contributed by atoms with Crippen molar-refractivity contribution in [1.82, 2.24) is 4.98 Å². The molecule has 0 aliphatic carbocycles. The molecule has 0 unspecified atom stereocenters. The second-order valence-electron chi connectivity index (χ2n) is 2.53. The van der Waals surface area contributed by atoms with E-state index in [4.69, 9.17) is 21.6 Å². The second-order valence-corrected chi connectivity index (χ2v) is 4.02. The zero-order chi connectivity index (χ0) is 9.42. The topological polar surface area (TPSA) is 53.4 Å². The first-order chi connectivity index (χ1) is 6.18. The van der Waals surface area contributed by atoms with Gasteiger partial charge in [0.1, 0.15) is 0 Å². The number of nitrogens with zero attached hydrogens (tertiary/aromatic N) is 1. The maximum atomic E-state index is 8.91. The van der Waals surface area contributed by atoms with Crippen LogP contribution in [0.25, 0.3) is 10.2 Å². The molecule has 2 N–H and O–H groups in total. The molecule has 0 fully saturated rings. The third kappa shape index (κ3) is 1.56. The zero-order valence-electron chi connectivity index (χ0n) is 6.44. The molecule has 0 atom stereocenters. The highest BCUT2D eigenvalue weighted by Gasteiger charge is 2.15. The average Bonchev–Trinajstić information content (AvgIpc) is 2.49. The van der Waals surface area contributed by atoms with E-state index in [0.717, 1.165) is 4.70 Å². The Hall–Kier alpha value is -0.615. The predicted molar refractivity (Wildman–Crippen MR) is 54.5 cm³/mol. The summed E-state index contributed by atoms with van der Waals surface area (Å²) in [5.74, 6) is 0. The first kappa shape index (κ1) is 8.96. The quantitative estimate of drug-likeness (QED) is 0.683. The summed E-state index contributed by atoms with van der Waals surface area (Å²) in [5.41, 5.74) is 0.695. The Morgan fingerprint density at radius 3 is 2.85 bits per heavy atom. The van der Waals surface area contributed by atoms with Crippen molar-refractivity contribution in [3.8, 4) is 0 Å². The molecule has 0 aliphatic heterocycles. The second kappa shape index (κ2) is 3.27. The van der Waals surface area contributed by atoms with Crippen LogP contribution in [0.3, 0.4) is 0 Å².